The molecule has 134 valence electrons. The lowest BCUT2D eigenvalue weighted by molar-refractivity contribution is 0.664. The molecule has 4 heteroatoms. The van der Waals surface area contributed by atoms with E-state index in [-0.39, 0.29) is 0 Å². The molecule has 0 saturated heterocycles. The largest absolute Gasteiger partial charge is 0.366 e. The van der Waals surface area contributed by atoms with Crippen molar-refractivity contribution >= 4 is 27.9 Å². The van der Waals surface area contributed by atoms with E-state index in [1.165, 1.54) is 45.3 Å². The number of hydrogen-bond acceptors (Lipinski definition) is 4. The first-order valence-electron chi connectivity index (χ1n) is 9.53. The minimum atomic E-state index is 0.787. The molecule has 0 aliphatic heterocycles. The Labute approximate surface area is 163 Å². The van der Waals surface area contributed by atoms with E-state index in [1.54, 1.807) is 11.3 Å². The molecular weight excluding hydrogens is 350 g/mol. The molecule has 0 unspecified atom stereocenters. The Kier molecular flexibility index (Phi) is 4.34. The first-order chi connectivity index (χ1) is 13.4. The lowest BCUT2D eigenvalue weighted by Gasteiger charge is -2.20. The molecule has 0 radical (unpaired) electrons. The van der Waals surface area contributed by atoms with E-state index in [9.17, 15) is 0 Å². The third-order valence-corrected chi connectivity index (χ3v) is 6.21. The second-order valence-corrected chi connectivity index (χ2v) is 7.90. The minimum Gasteiger partial charge on any atom is -0.366 e. The molecule has 1 aliphatic carbocycles. The van der Waals surface area contributed by atoms with Crippen LogP contribution in [0.25, 0.3) is 21.5 Å². The maximum absolute atomic E-state index is 4.98. The van der Waals surface area contributed by atoms with E-state index in [0.717, 1.165) is 31.0 Å². The number of nitrogens with zero attached hydrogens (tertiary/aromatic N) is 2. The highest BCUT2D eigenvalue weighted by Crippen LogP contribution is 2.35. The van der Waals surface area contributed by atoms with Crippen LogP contribution < -0.4 is 5.32 Å². The zero-order chi connectivity index (χ0) is 18.1. The monoisotopic (exact) mass is 371 g/mol. The summed E-state index contributed by atoms with van der Waals surface area (Å²) < 4.78 is 0. The second-order valence-electron chi connectivity index (χ2n) is 7.02. The first kappa shape index (κ1) is 16.5. The summed E-state index contributed by atoms with van der Waals surface area (Å²) in [5.41, 5.74) is 3.80. The lowest BCUT2D eigenvalue weighted by Crippen LogP contribution is -2.13. The summed E-state index contributed by atoms with van der Waals surface area (Å²) in [5, 5.41) is 8.30. The van der Waals surface area contributed by atoms with E-state index in [2.05, 4.69) is 65.3 Å². The molecule has 2 aromatic carbocycles. The molecule has 2 aromatic heterocycles. The van der Waals surface area contributed by atoms with Crippen LogP contribution in [0.4, 0.5) is 5.82 Å². The van der Waals surface area contributed by atoms with Crippen LogP contribution in [-0.2, 0) is 19.4 Å². The van der Waals surface area contributed by atoms with Gasteiger partial charge in [-0.25, -0.2) is 9.97 Å². The number of benzene rings is 2. The fourth-order valence-corrected chi connectivity index (χ4v) is 4.75. The van der Waals surface area contributed by atoms with Gasteiger partial charge in [0.15, 0.2) is 5.82 Å². The van der Waals surface area contributed by atoms with Crippen molar-refractivity contribution in [2.45, 2.75) is 32.2 Å². The molecule has 3 nitrogen and oxygen atoms in total. The van der Waals surface area contributed by atoms with Gasteiger partial charge in [0, 0.05) is 23.2 Å². The molecular formula is C23H21N3S. The summed E-state index contributed by atoms with van der Waals surface area (Å²) in [6.07, 6.45) is 4.55. The molecule has 0 fully saturated rings. The summed E-state index contributed by atoms with van der Waals surface area (Å²) in [6.45, 7) is 0.787. The van der Waals surface area contributed by atoms with Crippen molar-refractivity contribution in [1.82, 2.24) is 9.97 Å². The number of aromatic nitrogens is 2. The number of rotatable bonds is 4. The number of nitrogens with one attached hydrogen (secondary N) is 1. The molecule has 27 heavy (non-hydrogen) atoms. The van der Waals surface area contributed by atoms with Crippen LogP contribution >= 0.6 is 11.3 Å². The molecule has 0 saturated carbocycles. The van der Waals surface area contributed by atoms with Crippen molar-refractivity contribution < 1.29 is 0 Å². The van der Waals surface area contributed by atoms with Crippen molar-refractivity contribution in [1.29, 1.82) is 0 Å². The normalized spacial score (nSPS) is 13.5. The summed E-state index contributed by atoms with van der Waals surface area (Å²) in [4.78, 5) is 11.1. The van der Waals surface area contributed by atoms with Crippen molar-refractivity contribution in [3.8, 4) is 10.7 Å². The van der Waals surface area contributed by atoms with Gasteiger partial charge in [-0.3, -0.25) is 0 Å². The third-order valence-electron chi connectivity index (χ3n) is 5.20. The van der Waals surface area contributed by atoms with Crippen LogP contribution in [0.2, 0.25) is 0 Å². The third kappa shape index (κ3) is 3.21. The van der Waals surface area contributed by atoms with Gasteiger partial charge in [-0.2, -0.15) is 0 Å². The quantitative estimate of drug-likeness (QED) is 0.489. The van der Waals surface area contributed by atoms with Crippen LogP contribution in [0, 0.1) is 0 Å². The molecule has 5 rings (SSSR count). The van der Waals surface area contributed by atoms with E-state index >= 15 is 0 Å². The van der Waals surface area contributed by atoms with Gasteiger partial charge in [-0.15, -0.1) is 11.3 Å². The van der Waals surface area contributed by atoms with Gasteiger partial charge in [0.05, 0.1) is 4.88 Å². The van der Waals surface area contributed by atoms with Crippen molar-refractivity contribution in [2.75, 3.05) is 5.32 Å². The topological polar surface area (TPSA) is 37.8 Å². The highest BCUT2D eigenvalue weighted by atomic mass is 32.1. The highest BCUT2D eigenvalue weighted by molar-refractivity contribution is 7.15. The van der Waals surface area contributed by atoms with Crippen LogP contribution in [0.5, 0.6) is 0 Å². The second kappa shape index (κ2) is 7.12. The van der Waals surface area contributed by atoms with Gasteiger partial charge in [-0.1, -0.05) is 54.6 Å². The SMILES string of the molecule is c1ccc(CNc2nc(-c3scc4ccccc34)nc3c2CCCC3)cc1. The van der Waals surface area contributed by atoms with Gasteiger partial charge in [0.2, 0.25) is 0 Å². The minimum absolute atomic E-state index is 0.787. The zero-order valence-corrected chi connectivity index (χ0v) is 15.9. The molecule has 0 spiro atoms. The number of anilines is 1. The Morgan fingerprint density at radius 3 is 2.63 bits per heavy atom. The fraction of sp³-hybridized carbons (Fsp3) is 0.217. The number of hydrogen-bond donors (Lipinski definition) is 1. The van der Waals surface area contributed by atoms with Crippen LogP contribution in [-0.4, -0.2) is 9.97 Å². The van der Waals surface area contributed by atoms with Gasteiger partial charge in [0.1, 0.15) is 5.82 Å². The van der Waals surface area contributed by atoms with Gasteiger partial charge >= 0.3 is 0 Å². The Bertz CT molecular complexity index is 1090. The Morgan fingerprint density at radius 1 is 0.889 bits per heavy atom. The molecule has 2 heterocycles. The van der Waals surface area contributed by atoms with Crippen LogP contribution in [0.1, 0.15) is 29.7 Å². The average Bonchev–Trinajstić information content (AvgIpc) is 3.17. The van der Waals surface area contributed by atoms with E-state index in [4.69, 9.17) is 9.97 Å². The van der Waals surface area contributed by atoms with Crippen LogP contribution in [0.3, 0.4) is 0 Å². The Hall–Kier alpha value is -2.72. The lowest BCUT2D eigenvalue weighted by atomic mass is 9.96. The average molecular weight is 372 g/mol. The standard InChI is InChI=1S/C23H21N3S/c1-2-8-16(9-3-1)14-24-22-19-12-6-7-13-20(19)25-23(26-22)21-18-11-5-4-10-17(18)15-27-21/h1-5,8-11,15H,6-7,12-14H2,(H,24,25,26). The summed E-state index contributed by atoms with van der Waals surface area (Å²) >= 11 is 1.74. The van der Waals surface area contributed by atoms with Gasteiger partial charge < -0.3 is 5.32 Å². The zero-order valence-electron chi connectivity index (χ0n) is 15.1. The van der Waals surface area contributed by atoms with Crippen molar-refractivity contribution in [3.63, 3.8) is 0 Å². The van der Waals surface area contributed by atoms with Crippen LogP contribution in [0.15, 0.2) is 60.0 Å². The molecule has 1 N–H and O–H groups in total. The first-order valence-corrected chi connectivity index (χ1v) is 10.4. The summed E-state index contributed by atoms with van der Waals surface area (Å²) in [7, 11) is 0. The summed E-state index contributed by atoms with van der Waals surface area (Å²) in [5.74, 6) is 1.87. The predicted octanol–water partition coefficient (Wildman–Crippen LogP) is 5.85. The van der Waals surface area contributed by atoms with E-state index < -0.39 is 0 Å². The van der Waals surface area contributed by atoms with E-state index in [1.807, 2.05) is 0 Å². The van der Waals surface area contributed by atoms with Crippen molar-refractivity contribution in [2.24, 2.45) is 0 Å². The smallest absolute Gasteiger partial charge is 0.172 e. The Morgan fingerprint density at radius 2 is 1.70 bits per heavy atom. The maximum Gasteiger partial charge on any atom is 0.172 e. The molecule has 0 atom stereocenters. The van der Waals surface area contributed by atoms with Gasteiger partial charge in [0.25, 0.3) is 0 Å². The molecule has 4 aromatic rings. The molecule has 0 amide bonds. The fourth-order valence-electron chi connectivity index (χ4n) is 3.79. The number of thiophene rings is 1. The van der Waals surface area contributed by atoms with E-state index in [0.29, 0.717) is 0 Å². The van der Waals surface area contributed by atoms with Crippen molar-refractivity contribution in [3.05, 3.63) is 76.8 Å². The molecule has 1 aliphatic rings. The maximum atomic E-state index is 4.98. The molecule has 0 bridgehead atoms. The highest BCUT2D eigenvalue weighted by Gasteiger charge is 2.20. The number of fused-ring (bicyclic) bond motifs is 2. The Balaban J connectivity index is 1.56. The number of aryl methyl sites for hydroxylation is 1. The predicted molar refractivity (Wildman–Crippen MR) is 113 cm³/mol. The summed E-state index contributed by atoms with van der Waals surface area (Å²) in [6, 6.07) is 19.0. The van der Waals surface area contributed by atoms with Gasteiger partial charge in [-0.05, 0) is 42.0 Å².